The number of hydrogen-bond donors (Lipinski definition) is 0. The van der Waals surface area contributed by atoms with Gasteiger partial charge in [0.1, 0.15) is 11.7 Å². The third-order valence-electron chi connectivity index (χ3n) is 4.29. The summed E-state index contributed by atoms with van der Waals surface area (Å²) < 4.78 is 5.44. The summed E-state index contributed by atoms with van der Waals surface area (Å²) in [7, 11) is 0. The zero-order chi connectivity index (χ0) is 15.3. The van der Waals surface area contributed by atoms with E-state index in [9.17, 15) is 4.79 Å². The van der Waals surface area contributed by atoms with Crippen LogP contribution < -0.4 is 0 Å². The van der Waals surface area contributed by atoms with Crippen molar-refractivity contribution in [3.63, 3.8) is 0 Å². The molecule has 114 valence electrons. The van der Waals surface area contributed by atoms with Crippen molar-refractivity contribution in [2.75, 3.05) is 5.75 Å². The average molecular weight is 316 g/mol. The van der Waals surface area contributed by atoms with Crippen molar-refractivity contribution < 1.29 is 9.32 Å². The van der Waals surface area contributed by atoms with E-state index in [0.29, 0.717) is 23.8 Å². The summed E-state index contributed by atoms with van der Waals surface area (Å²) in [4.78, 5) is 22.9. The van der Waals surface area contributed by atoms with Crippen LogP contribution in [0.2, 0.25) is 0 Å². The van der Waals surface area contributed by atoms with Crippen molar-refractivity contribution in [3.05, 3.63) is 29.8 Å². The van der Waals surface area contributed by atoms with Crippen LogP contribution in [0.5, 0.6) is 0 Å². The first-order valence-electron chi connectivity index (χ1n) is 7.31. The fourth-order valence-corrected chi connectivity index (χ4v) is 4.57. The molecular formula is C15H16N4O2S. The lowest BCUT2D eigenvalue weighted by Gasteiger charge is -2.28. The molecule has 4 rings (SSSR count). The molecular weight excluding hydrogens is 300 g/mol. The fourth-order valence-electron chi connectivity index (χ4n) is 3.15. The lowest BCUT2D eigenvalue weighted by Crippen LogP contribution is -2.37. The van der Waals surface area contributed by atoms with E-state index in [-0.39, 0.29) is 16.8 Å². The van der Waals surface area contributed by atoms with Gasteiger partial charge in [0, 0.05) is 17.9 Å². The van der Waals surface area contributed by atoms with E-state index in [4.69, 9.17) is 4.52 Å². The first-order valence-corrected chi connectivity index (χ1v) is 8.29. The number of fused-ring (bicyclic) bond motifs is 1. The van der Waals surface area contributed by atoms with Crippen LogP contribution in [-0.2, 0) is 4.79 Å². The van der Waals surface area contributed by atoms with Gasteiger partial charge >= 0.3 is 0 Å². The Hall–Kier alpha value is -1.89. The van der Waals surface area contributed by atoms with Crippen LogP contribution in [-0.4, -0.2) is 36.6 Å². The van der Waals surface area contributed by atoms with Gasteiger partial charge in [0.25, 0.3) is 5.89 Å². The van der Waals surface area contributed by atoms with E-state index in [2.05, 4.69) is 22.0 Å². The summed E-state index contributed by atoms with van der Waals surface area (Å²) in [5.74, 6) is 1.95. The highest BCUT2D eigenvalue weighted by Crippen LogP contribution is 2.52. The van der Waals surface area contributed by atoms with Crippen molar-refractivity contribution >= 4 is 17.7 Å². The predicted octanol–water partition coefficient (Wildman–Crippen LogP) is 2.57. The Balaban J connectivity index is 1.66. The fraction of sp³-hybridized carbons (Fsp3) is 0.467. The molecule has 2 atom stereocenters. The molecule has 22 heavy (non-hydrogen) atoms. The van der Waals surface area contributed by atoms with Crippen LogP contribution in [0.15, 0.2) is 22.7 Å². The number of aryl methyl sites for hydroxylation is 1. The minimum absolute atomic E-state index is 0.127. The van der Waals surface area contributed by atoms with Crippen molar-refractivity contribution in [1.29, 1.82) is 0 Å². The standard InChI is InChI=1S/C15H16N4O2S/c1-9-4-3-5-10(16-9)13-17-14(21-18-13)11-8-22-15(2)7-6-12(20)19(11)15/h3-5,11H,6-8H2,1-2H3. The van der Waals surface area contributed by atoms with E-state index < -0.39 is 0 Å². The first kappa shape index (κ1) is 13.8. The molecule has 6 nitrogen and oxygen atoms in total. The van der Waals surface area contributed by atoms with Crippen LogP contribution in [0.4, 0.5) is 0 Å². The molecule has 2 unspecified atom stereocenters. The van der Waals surface area contributed by atoms with Gasteiger partial charge in [-0.2, -0.15) is 4.98 Å². The SMILES string of the molecule is Cc1cccc(-c2noc(C3CSC4(C)CCC(=O)N34)n2)n1. The smallest absolute Gasteiger partial charge is 0.250 e. The second-order valence-electron chi connectivity index (χ2n) is 5.89. The number of amides is 1. The molecule has 1 amide bonds. The number of aromatic nitrogens is 3. The average Bonchev–Trinajstić information content (AvgIpc) is 3.16. The molecule has 0 N–H and O–H groups in total. The van der Waals surface area contributed by atoms with Crippen molar-refractivity contribution in [3.8, 4) is 11.5 Å². The van der Waals surface area contributed by atoms with E-state index >= 15 is 0 Å². The minimum Gasteiger partial charge on any atom is -0.337 e. The number of hydrogen-bond acceptors (Lipinski definition) is 6. The van der Waals surface area contributed by atoms with Crippen LogP contribution in [0.1, 0.15) is 37.4 Å². The maximum absolute atomic E-state index is 12.2. The monoisotopic (exact) mass is 316 g/mol. The highest BCUT2D eigenvalue weighted by molar-refractivity contribution is 8.00. The number of pyridine rings is 1. The lowest BCUT2D eigenvalue weighted by molar-refractivity contribution is -0.131. The number of nitrogens with zero attached hydrogens (tertiary/aromatic N) is 4. The Morgan fingerprint density at radius 3 is 3.09 bits per heavy atom. The van der Waals surface area contributed by atoms with Crippen LogP contribution in [0.3, 0.4) is 0 Å². The molecule has 4 heterocycles. The van der Waals surface area contributed by atoms with Crippen molar-refractivity contribution in [2.24, 2.45) is 0 Å². The third-order valence-corrected chi connectivity index (χ3v) is 5.79. The minimum atomic E-state index is -0.129. The summed E-state index contributed by atoms with van der Waals surface area (Å²) in [6, 6.07) is 5.57. The number of carbonyl (C=O) groups is 1. The summed E-state index contributed by atoms with van der Waals surface area (Å²) in [6.45, 7) is 4.04. The molecule has 0 bridgehead atoms. The molecule has 0 aliphatic carbocycles. The highest BCUT2D eigenvalue weighted by Gasteiger charge is 2.52. The Morgan fingerprint density at radius 1 is 1.41 bits per heavy atom. The molecule has 2 aliphatic rings. The van der Waals surface area contributed by atoms with Gasteiger partial charge < -0.3 is 9.42 Å². The topological polar surface area (TPSA) is 72.1 Å². The molecule has 0 aromatic carbocycles. The van der Waals surface area contributed by atoms with Crippen molar-refractivity contribution in [1.82, 2.24) is 20.0 Å². The van der Waals surface area contributed by atoms with Gasteiger partial charge in [-0.05, 0) is 32.4 Å². The Labute approximate surface area is 132 Å². The normalized spacial score (nSPS) is 27.5. The Kier molecular flexibility index (Phi) is 3.00. The van der Waals surface area contributed by atoms with Crippen molar-refractivity contribution in [2.45, 2.75) is 37.6 Å². The van der Waals surface area contributed by atoms with E-state index in [0.717, 1.165) is 17.9 Å². The molecule has 2 aliphatic heterocycles. The maximum atomic E-state index is 12.2. The summed E-state index contributed by atoms with van der Waals surface area (Å²) in [6.07, 6.45) is 1.48. The van der Waals surface area contributed by atoms with Crippen LogP contribution in [0, 0.1) is 6.92 Å². The predicted molar refractivity (Wildman–Crippen MR) is 82.0 cm³/mol. The molecule has 0 spiro atoms. The third kappa shape index (κ3) is 2.03. The molecule has 7 heteroatoms. The molecule has 2 aromatic rings. The second-order valence-corrected chi connectivity index (χ2v) is 7.39. The van der Waals surface area contributed by atoms with E-state index in [1.54, 1.807) is 11.8 Å². The molecule has 0 radical (unpaired) electrons. The zero-order valence-corrected chi connectivity index (χ0v) is 13.3. The van der Waals surface area contributed by atoms with Gasteiger partial charge in [-0.15, -0.1) is 11.8 Å². The molecule has 0 saturated carbocycles. The lowest BCUT2D eigenvalue weighted by atomic mass is 10.2. The maximum Gasteiger partial charge on any atom is 0.250 e. The van der Waals surface area contributed by atoms with Gasteiger partial charge in [-0.25, -0.2) is 4.98 Å². The van der Waals surface area contributed by atoms with Gasteiger partial charge in [-0.3, -0.25) is 4.79 Å². The highest BCUT2D eigenvalue weighted by atomic mass is 32.2. The molecule has 2 saturated heterocycles. The summed E-state index contributed by atoms with van der Waals surface area (Å²) in [5.41, 5.74) is 1.60. The summed E-state index contributed by atoms with van der Waals surface area (Å²) >= 11 is 1.79. The van der Waals surface area contributed by atoms with Gasteiger partial charge in [0.05, 0.1) is 4.87 Å². The van der Waals surface area contributed by atoms with E-state index in [1.165, 1.54) is 0 Å². The van der Waals surface area contributed by atoms with Crippen LogP contribution >= 0.6 is 11.8 Å². The largest absolute Gasteiger partial charge is 0.337 e. The Morgan fingerprint density at radius 2 is 2.27 bits per heavy atom. The Bertz CT molecular complexity index is 747. The first-order chi connectivity index (χ1) is 10.6. The summed E-state index contributed by atoms with van der Waals surface area (Å²) in [5, 5.41) is 4.04. The van der Waals surface area contributed by atoms with Gasteiger partial charge in [0.2, 0.25) is 11.7 Å². The second kappa shape index (κ2) is 4.81. The van der Waals surface area contributed by atoms with Gasteiger partial charge in [-0.1, -0.05) is 11.2 Å². The number of carbonyl (C=O) groups excluding carboxylic acids is 1. The zero-order valence-electron chi connectivity index (χ0n) is 12.4. The van der Waals surface area contributed by atoms with Crippen LogP contribution in [0.25, 0.3) is 11.5 Å². The molecule has 2 aromatic heterocycles. The molecule has 2 fully saturated rings. The number of thioether (sulfide) groups is 1. The van der Waals surface area contributed by atoms with E-state index in [1.807, 2.05) is 30.0 Å². The quantitative estimate of drug-likeness (QED) is 0.848. The van der Waals surface area contributed by atoms with Gasteiger partial charge in [0.15, 0.2) is 0 Å². The number of rotatable bonds is 2.